The maximum atomic E-state index is 13.8. The van der Waals surface area contributed by atoms with Crippen LogP contribution in [0.1, 0.15) is 21.5 Å². The van der Waals surface area contributed by atoms with E-state index in [0.29, 0.717) is 5.56 Å². The van der Waals surface area contributed by atoms with Gasteiger partial charge in [-0.25, -0.2) is 9.18 Å². The van der Waals surface area contributed by atoms with Crippen LogP contribution in [0, 0.1) is 17.1 Å². The molecule has 2 aromatic rings. The van der Waals surface area contributed by atoms with Gasteiger partial charge < -0.3 is 9.67 Å². The predicted octanol–water partition coefficient (Wildman–Crippen LogP) is 2.25. The van der Waals surface area contributed by atoms with E-state index in [0.717, 1.165) is 0 Å². The maximum Gasteiger partial charge on any atom is 0.337 e. The second-order valence-corrected chi connectivity index (χ2v) is 3.77. The molecular weight excluding hydrogens is 235 g/mol. The van der Waals surface area contributed by atoms with Crippen LogP contribution in [0.3, 0.4) is 0 Å². The van der Waals surface area contributed by atoms with Crippen LogP contribution in [0.15, 0.2) is 36.7 Å². The van der Waals surface area contributed by atoms with Crippen molar-refractivity contribution in [1.29, 1.82) is 5.26 Å². The van der Waals surface area contributed by atoms with Gasteiger partial charge in [0.25, 0.3) is 0 Å². The largest absolute Gasteiger partial charge is 0.478 e. The quantitative estimate of drug-likeness (QED) is 0.900. The summed E-state index contributed by atoms with van der Waals surface area (Å²) in [6.45, 7) is 0.189. The molecule has 0 aliphatic rings. The summed E-state index contributed by atoms with van der Waals surface area (Å²) in [5.41, 5.74) is 0.478. The zero-order valence-electron chi connectivity index (χ0n) is 9.30. The van der Waals surface area contributed by atoms with Gasteiger partial charge in [0.2, 0.25) is 0 Å². The van der Waals surface area contributed by atoms with Crippen LogP contribution in [0.4, 0.5) is 4.39 Å². The SMILES string of the molecule is N#Cc1cccc(Cn2ccc(C(=O)O)c2)c1F. The Labute approximate surface area is 103 Å². The molecule has 0 aliphatic carbocycles. The number of carboxylic acids is 1. The molecule has 0 aliphatic heterocycles. The fourth-order valence-electron chi connectivity index (χ4n) is 1.65. The smallest absolute Gasteiger partial charge is 0.337 e. The van der Waals surface area contributed by atoms with Gasteiger partial charge in [0.05, 0.1) is 11.1 Å². The Hall–Kier alpha value is -2.61. The molecule has 2 rings (SSSR count). The van der Waals surface area contributed by atoms with Crippen LogP contribution in [0.2, 0.25) is 0 Å². The third-order valence-electron chi connectivity index (χ3n) is 2.55. The number of halogens is 1. The molecular formula is C13H9FN2O2. The Kier molecular flexibility index (Phi) is 3.11. The number of aromatic carboxylic acids is 1. The van der Waals surface area contributed by atoms with Crippen molar-refractivity contribution in [3.8, 4) is 6.07 Å². The summed E-state index contributed by atoms with van der Waals surface area (Å²) in [6, 6.07) is 7.77. The summed E-state index contributed by atoms with van der Waals surface area (Å²) < 4.78 is 15.3. The zero-order chi connectivity index (χ0) is 13.1. The zero-order valence-corrected chi connectivity index (χ0v) is 9.30. The lowest BCUT2D eigenvalue weighted by atomic mass is 10.1. The summed E-state index contributed by atoms with van der Waals surface area (Å²) in [4.78, 5) is 10.7. The Morgan fingerprint density at radius 3 is 2.83 bits per heavy atom. The lowest BCUT2D eigenvalue weighted by molar-refractivity contribution is 0.0697. The third-order valence-corrected chi connectivity index (χ3v) is 2.55. The number of rotatable bonds is 3. The minimum Gasteiger partial charge on any atom is -0.478 e. The summed E-state index contributed by atoms with van der Waals surface area (Å²) in [7, 11) is 0. The van der Waals surface area contributed by atoms with Gasteiger partial charge in [0, 0.05) is 24.5 Å². The Balaban J connectivity index is 2.29. The summed E-state index contributed by atoms with van der Waals surface area (Å²) in [6.07, 6.45) is 2.97. The number of carbonyl (C=O) groups is 1. The van der Waals surface area contributed by atoms with Gasteiger partial charge in [-0.05, 0) is 12.1 Å². The molecule has 0 radical (unpaired) electrons. The molecule has 0 spiro atoms. The first-order valence-corrected chi connectivity index (χ1v) is 5.18. The molecule has 1 heterocycles. The van der Waals surface area contributed by atoms with Crippen molar-refractivity contribution < 1.29 is 14.3 Å². The molecule has 1 aromatic carbocycles. The Bertz CT molecular complexity index is 641. The van der Waals surface area contributed by atoms with Gasteiger partial charge >= 0.3 is 5.97 Å². The van der Waals surface area contributed by atoms with Gasteiger partial charge in [0.15, 0.2) is 0 Å². The number of benzene rings is 1. The molecule has 1 aromatic heterocycles. The lowest BCUT2D eigenvalue weighted by Crippen LogP contribution is -2.01. The van der Waals surface area contributed by atoms with E-state index in [2.05, 4.69) is 0 Å². The highest BCUT2D eigenvalue weighted by atomic mass is 19.1. The van der Waals surface area contributed by atoms with Crippen molar-refractivity contribution in [3.63, 3.8) is 0 Å². The van der Waals surface area contributed by atoms with Gasteiger partial charge in [-0.15, -0.1) is 0 Å². The molecule has 0 saturated heterocycles. The van der Waals surface area contributed by atoms with Gasteiger partial charge in [-0.1, -0.05) is 12.1 Å². The molecule has 0 atom stereocenters. The van der Waals surface area contributed by atoms with E-state index in [1.165, 1.54) is 18.3 Å². The number of carboxylic acid groups (broad SMARTS) is 1. The summed E-state index contributed by atoms with van der Waals surface area (Å²) in [5, 5.41) is 17.5. The van der Waals surface area contributed by atoms with E-state index >= 15 is 0 Å². The number of aromatic nitrogens is 1. The normalized spacial score (nSPS) is 10.0. The first-order valence-electron chi connectivity index (χ1n) is 5.18. The monoisotopic (exact) mass is 244 g/mol. The predicted molar refractivity (Wildman–Crippen MR) is 61.6 cm³/mol. The van der Waals surface area contributed by atoms with E-state index in [-0.39, 0.29) is 17.7 Å². The average Bonchev–Trinajstić information content (AvgIpc) is 2.80. The van der Waals surface area contributed by atoms with Crippen molar-refractivity contribution in [2.45, 2.75) is 6.54 Å². The van der Waals surface area contributed by atoms with Crippen LogP contribution in [0.25, 0.3) is 0 Å². The highest BCUT2D eigenvalue weighted by molar-refractivity contribution is 5.87. The molecule has 90 valence electrons. The Morgan fingerprint density at radius 1 is 1.44 bits per heavy atom. The van der Waals surface area contributed by atoms with Crippen LogP contribution in [-0.2, 0) is 6.54 Å². The molecule has 4 nitrogen and oxygen atoms in total. The molecule has 0 amide bonds. The van der Waals surface area contributed by atoms with Gasteiger partial charge in [0.1, 0.15) is 11.9 Å². The van der Waals surface area contributed by atoms with Gasteiger partial charge in [-0.3, -0.25) is 0 Å². The second-order valence-electron chi connectivity index (χ2n) is 3.77. The lowest BCUT2D eigenvalue weighted by Gasteiger charge is -2.05. The van der Waals surface area contributed by atoms with Crippen molar-refractivity contribution >= 4 is 5.97 Å². The Morgan fingerprint density at radius 2 is 2.22 bits per heavy atom. The fourth-order valence-corrected chi connectivity index (χ4v) is 1.65. The fraction of sp³-hybridized carbons (Fsp3) is 0.0769. The standard InChI is InChI=1S/C13H9FN2O2/c14-12-9(6-15)2-1-3-10(12)7-16-5-4-11(8-16)13(17)18/h1-5,8H,7H2,(H,17,18). The number of hydrogen-bond acceptors (Lipinski definition) is 2. The topological polar surface area (TPSA) is 66.0 Å². The van der Waals surface area contributed by atoms with Crippen molar-refractivity contribution in [1.82, 2.24) is 4.57 Å². The highest BCUT2D eigenvalue weighted by Gasteiger charge is 2.09. The first kappa shape index (κ1) is 11.9. The van der Waals surface area contributed by atoms with E-state index in [4.69, 9.17) is 10.4 Å². The minimum absolute atomic E-state index is 0.0156. The van der Waals surface area contributed by atoms with E-state index in [1.807, 2.05) is 0 Å². The van der Waals surface area contributed by atoms with Crippen LogP contribution < -0.4 is 0 Å². The van der Waals surface area contributed by atoms with E-state index in [1.54, 1.807) is 29.0 Å². The second kappa shape index (κ2) is 4.72. The van der Waals surface area contributed by atoms with Crippen molar-refractivity contribution in [2.24, 2.45) is 0 Å². The molecule has 1 N–H and O–H groups in total. The highest BCUT2D eigenvalue weighted by Crippen LogP contribution is 2.14. The molecule has 0 fully saturated rings. The third kappa shape index (κ3) is 2.23. The van der Waals surface area contributed by atoms with Crippen LogP contribution >= 0.6 is 0 Å². The molecule has 18 heavy (non-hydrogen) atoms. The van der Waals surface area contributed by atoms with E-state index < -0.39 is 11.8 Å². The molecule has 0 bridgehead atoms. The average molecular weight is 244 g/mol. The number of nitriles is 1. The van der Waals surface area contributed by atoms with Gasteiger partial charge in [-0.2, -0.15) is 5.26 Å². The number of nitrogens with zero attached hydrogens (tertiary/aromatic N) is 2. The maximum absolute atomic E-state index is 13.8. The van der Waals surface area contributed by atoms with E-state index in [9.17, 15) is 9.18 Å². The summed E-state index contributed by atoms with van der Waals surface area (Å²) in [5.74, 6) is -1.59. The van der Waals surface area contributed by atoms with Crippen LogP contribution in [0.5, 0.6) is 0 Å². The molecule has 0 saturated carbocycles. The number of hydrogen-bond donors (Lipinski definition) is 1. The van der Waals surface area contributed by atoms with Crippen LogP contribution in [-0.4, -0.2) is 15.6 Å². The first-order chi connectivity index (χ1) is 8.61. The van der Waals surface area contributed by atoms with Crippen molar-refractivity contribution in [2.75, 3.05) is 0 Å². The summed E-state index contributed by atoms with van der Waals surface area (Å²) >= 11 is 0. The molecule has 5 heteroatoms. The van der Waals surface area contributed by atoms with Crippen molar-refractivity contribution in [3.05, 3.63) is 59.2 Å². The minimum atomic E-state index is -1.03. The molecule has 0 unspecified atom stereocenters.